The largest absolute Gasteiger partial charge is 0.309 e. The van der Waals surface area contributed by atoms with Crippen molar-refractivity contribution < 1.29 is 0 Å². The summed E-state index contributed by atoms with van der Waals surface area (Å²) in [5.41, 5.74) is 16.8. The minimum atomic E-state index is -0.410. The smallest absolute Gasteiger partial charge is 0.0713 e. The number of rotatable bonds is 3. The van der Waals surface area contributed by atoms with E-state index in [1.807, 2.05) is 0 Å². The molecule has 0 radical (unpaired) electrons. The molecular formula is C44H29N. The normalized spacial score (nSPS) is 13.9. The SMILES string of the molecule is c1ccc(-n2c3ccccc3c3ccc4c(c32)-c2cc(C3(c5ccccc5)c5ccccc5-c5ccccc53)ccc2C4)cc1. The first-order valence-corrected chi connectivity index (χ1v) is 15.8. The molecule has 0 saturated heterocycles. The van der Waals surface area contributed by atoms with Crippen LogP contribution in [0.1, 0.15) is 33.4 Å². The molecule has 0 fully saturated rings. The van der Waals surface area contributed by atoms with E-state index in [9.17, 15) is 0 Å². The van der Waals surface area contributed by atoms with Crippen LogP contribution >= 0.6 is 0 Å². The molecule has 0 unspecified atom stereocenters. The zero-order valence-corrected chi connectivity index (χ0v) is 24.7. The fraction of sp³-hybridized carbons (Fsp3) is 0.0455. The third-order valence-electron chi connectivity index (χ3n) is 10.3. The molecular weight excluding hydrogens is 542 g/mol. The van der Waals surface area contributed by atoms with Gasteiger partial charge in [-0.25, -0.2) is 0 Å². The van der Waals surface area contributed by atoms with Gasteiger partial charge in [-0.2, -0.15) is 0 Å². The molecule has 10 rings (SSSR count). The van der Waals surface area contributed by atoms with Crippen LogP contribution < -0.4 is 0 Å². The minimum Gasteiger partial charge on any atom is -0.309 e. The molecule has 2 aliphatic rings. The molecule has 210 valence electrons. The van der Waals surface area contributed by atoms with Crippen LogP contribution in [-0.4, -0.2) is 4.57 Å². The van der Waals surface area contributed by atoms with Crippen molar-refractivity contribution in [2.45, 2.75) is 11.8 Å². The maximum absolute atomic E-state index is 2.53. The third kappa shape index (κ3) is 3.22. The van der Waals surface area contributed by atoms with Gasteiger partial charge in [0.1, 0.15) is 0 Å². The molecule has 0 spiro atoms. The highest BCUT2D eigenvalue weighted by molar-refractivity contribution is 6.15. The Kier molecular flexibility index (Phi) is 5.04. The lowest BCUT2D eigenvalue weighted by Crippen LogP contribution is -2.28. The molecule has 0 bridgehead atoms. The molecule has 1 heterocycles. The Morgan fingerprint density at radius 2 is 1.07 bits per heavy atom. The molecule has 8 aromatic rings. The second kappa shape index (κ2) is 9.17. The summed E-state index contributed by atoms with van der Waals surface area (Å²) in [4.78, 5) is 0. The Labute approximate surface area is 262 Å². The van der Waals surface area contributed by atoms with Gasteiger partial charge in [0.05, 0.1) is 16.4 Å². The number of nitrogens with zero attached hydrogens (tertiary/aromatic N) is 1. The molecule has 1 aromatic heterocycles. The standard InChI is InChI=1S/C44H29N/c1-3-13-31(14-4-1)44(39-20-10-7-17-34(39)35-18-8-11-21-40(35)44)32-25-23-29-27-30-24-26-37-36-19-9-12-22-41(36)45(33-15-5-2-6-16-33)43(37)42(30)38(29)28-32/h1-26,28H,27H2. The molecule has 0 atom stereocenters. The Balaban J connectivity index is 1.32. The van der Waals surface area contributed by atoms with E-state index in [-0.39, 0.29) is 0 Å². The van der Waals surface area contributed by atoms with Crippen LogP contribution in [0.15, 0.2) is 164 Å². The fourth-order valence-corrected chi connectivity index (χ4v) is 8.51. The molecule has 0 aliphatic heterocycles. The second-order valence-corrected chi connectivity index (χ2v) is 12.4. The van der Waals surface area contributed by atoms with Crippen molar-refractivity contribution in [3.05, 3.63) is 197 Å². The van der Waals surface area contributed by atoms with Crippen LogP contribution in [0.25, 0.3) is 49.7 Å². The van der Waals surface area contributed by atoms with Crippen molar-refractivity contribution in [2.24, 2.45) is 0 Å². The number of fused-ring (bicyclic) bond motifs is 10. The minimum absolute atomic E-state index is 0.410. The summed E-state index contributed by atoms with van der Waals surface area (Å²) in [6.45, 7) is 0. The summed E-state index contributed by atoms with van der Waals surface area (Å²) in [7, 11) is 0. The van der Waals surface area contributed by atoms with Crippen LogP contribution in [0, 0.1) is 0 Å². The van der Waals surface area contributed by atoms with E-state index in [0.29, 0.717) is 0 Å². The number of benzene rings is 7. The first-order valence-electron chi connectivity index (χ1n) is 15.8. The van der Waals surface area contributed by atoms with E-state index in [0.717, 1.165) is 6.42 Å². The summed E-state index contributed by atoms with van der Waals surface area (Å²) < 4.78 is 2.48. The van der Waals surface area contributed by atoms with Crippen LogP contribution in [0.3, 0.4) is 0 Å². The summed E-state index contributed by atoms with van der Waals surface area (Å²) in [6, 6.07) is 60.9. The van der Waals surface area contributed by atoms with Gasteiger partial charge >= 0.3 is 0 Å². The average Bonchev–Trinajstić information content (AvgIpc) is 3.75. The van der Waals surface area contributed by atoms with Gasteiger partial charge in [0.2, 0.25) is 0 Å². The van der Waals surface area contributed by atoms with Crippen LogP contribution in [-0.2, 0) is 11.8 Å². The van der Waals surface area contributed by atoms with Gasteiger partial charge < -0.3 is 4.57 Å². The highest BCUT2D eigenvalue weighted by Gasteiger charge is 2.46. The van der Waals surface area contributed by atoms with Crippen molar-refractivity contribution in [1.29, 1.82) is 0 Å². The zero-order chi connectivity index (χ0) is 29.5. The molecule has 1 nitrogen and oxygen atoms in total. The van der Waals surface area contributed by atoms with Crippen molar-refractivity contribution in [3.8, 4) is 27.9 Å². The topological polar surface area (TPSA) is 4.93 Å². The molecule has 1 heteroatoms. The highest BCUT2D eigenvalue weighted by Crippen LogP contribution is 2.57. The Morgan fingerprint density at radius 1 is 0.444 bits per heavy atom. The van der Waals surface area contributed by atoms with Crippen LogP contribution in [0.4, 0.5) is 0 Å². The maximum Gasteiger partial charge on any atom is 0.0713 e. The van der Waals surface area contributed by atoms with Crippen molar-refractivity contribution in [3.63, 3.8) is 0 Å². The molecule has 0 saturated carbocycles. The molecule has 0 N–H and O–H groups in total. The van der Waals surface area contributed by atoms with Gasteiger partial charge in [-0.15, -0.1) is 0 Å². The lowest BCUT2D eigenvalue weighted by atomic mass is 9.67. The van der Waals surface area contributed by atoms with Gasteiger partial charge in [-0.05, 0) is 80.8 Å². The van der Waals surface area contributed by atoms with Gasteiger partial charge in [0.25, 0.3) is 0 Å². The first kappa shape index (κ1) is 24.7. The van der Waals surface area contributed by atoms with E-state index in [4.69, 9.17) is 0 Å². The summed E-state index contributed by atoms with van der Waals surface area (Å²) >= 11 is 0. The van der Waals surface area contributed by atoms with Crippen molar-refractivity contribution in [1.82, 2.24) is 4.57 Å². The number of para-hydroxylation sites is 2. The monoisotopic (exact) mass is 571 g/mol. The highest BCUT2D eigenvalue weighted by atomic mass is 15.0. The first-order chi connectivity index (χ1) is 22.3. The molecule has 0 amide bonds. The van der Waals surface area contributed by atoms with Gasteiger partial charge in [0.15, 0.2) is 0 Å². The van der Waals surface area contributed by atoms with E-state index < -0.39 is 5.41 Å². The lowest BCUT2D eigenvalue weighted by Gasteiger charge is -2.34. The van der Waals surface area contributed by atoms with E-state index >= 15 is 0 Å². The number of hydrogen-bond acceptors (Lipinski definition) is 0. The van der Waals surface area contributed by atoms with Gasteiger partial charge in [-0.3, -0.25) is 0 Å². The lowest BCUT2D eigenvalue weighted by molar-refractivity contribution is 0.768. The van der Waals surface area contributed by atoms with Gasteiger partial charge in [-0.1, -0.05) is 140 Å². The third-order valence-corrected chi connectivity index (χ3v) is 10.3. The van der Waals surface area contributed by atoms with Crippen LogP contribution in [0.2, 0.25) is 0 Å². The molecule has 2 aliphatic carbocycles. The Bertz CT molecular complexity index is 2400. The summed E-state index contributed by atoms with van der Waals surface area (Å²) in [5.74, 6) is 0. The fourth-order valence-electron chi connectivity index (χ4n) is 8.51. The predicted octanol–water partition coefficient (Wildman–Crippen LogP) is 10.7. The molecule has 45 heavy (non-hydrogen) atoms. The second-order valence-electron chi connectivity index (χ2n) is 12.4. The quantitative estimate of drug-likeness (QED) is 0.199. The zero-order valence-electron chi connectivity index (χ0n) is 24.7. The summed E-state index contributed by atoms with van der Waals surface area (Å²) in [5, 5.41) is 2.60. The van der Waals surface area contributed by atoms with Crippen molar-refractivity contribution in [2.75, 3.05) is 0 Å². The predicted molar refractivity (Wildman–Crippen MR) is 186 cm³/mol. The van der Waals surface area contributed by atoms with E-state index in [1.165, 1.54) is 83.1 Å². The Hall–Kier alpha value is -5.66. The van der Waals surface area contributed by atoms with E-state index in [2.05, 4.69) is 168 Å². The summed E-state index contributed by atoms with van der Waals surface area (Å²) in [6.07, 6.45) is 0.947. The number of aromatic nitrogens is 1. The van der Waals surface area contributed by atoms with Crippen molar-refractivity contribution >= 4 is 21.8 Å². The maximum atomic E-state index is 2.53. The van der Waals surface area contributed by atoms with E-state index in [1.54, 1.807) is 0 Å². The Morgan fingerprint density at radius 3 is 1.82 bits per heavy atom. The van der Waals surface area contributed by atoms with Crippen LogP contribution in [0.5, 0.6) is 0 Å². The molecule has 7 aromatic carbocycles. The number of hydrogen-bond donors (Lipinski definition) is 0. The average molecular weight is 572 g/mol. The van der Waals surface area contributed by atoms with Gasteiger partial charge in [0, 0.05) is 22.0 Å².